The number of hydrogen-bond donors (Lipinski definition) is 1. The van der Waals surface area contributed by atoms with Crippen LogP contribution in [-0.2, 0) is 0 Å². The molecule has 3 rings (SSSR count). The number of nitrogens with one attached hydrogen (secondary N) is 1. The first-order valence-electron chi connectivity index (χ1n) is 5.92. The zero-order valence-corrected chi connectivity index (χ0v) is 9.78. The van der Waals surface area contributed by atoms with E-state index < -0.39 is 0 Å². The lowest BCUT2D eigenvalue weighted by atomic mass is 10.1. The van der Waals surface area contributed by atoms with Crippen molar-refractivity contribution in [1.29, 1.82) is 0 Å². The van der Waals surface area contributed by atoms with Crippen LogP contribution in [0.15, 0.2) is 30.9 Å². The maximum Gasteiger partial charge on any atom is 0.272 e. The minimum atomic E-state index is -0.0272. The number of rotatable bonds is 2. The van der Waals surface area contributed by atoms with Gasteiger partial charge in [0, 0.05) is 25.1 Å². The number of amides is 1. The van der Waals surface area contributed by atoms with Gasteiger partial charge in [0.2, 0.25) is 0 Å². The molecule has 1 aliphatic heterocycles. The summed E-state index contributed by atoms with van der Waals surface area (Å²) in [6, 6.07) is 1.71. The molecule has 2 aromatic heterocycles. The molecule has 0 aromatic carbocycles. The molecule has 0 radical (unpaired) electrons. The molecule has 0 bridgehead atoms. The predicted octanol–water partition coefficient (Wildman–Crippen LogP) is 1.18. The van der Waals surface area contributed by atoms with Gasteiger partial charge in [-0.15, -0.1) is 0 Å². The van der Waals surface area contributed by atoms with E-state index in [4.69, 9.17) is 0 Å². The summed E-state index contributed by atoms with van der Waals surface area (Å²) in [6.45, 7) is 0.749. The van der Waals surface area contributed by atoms with E-state index in [0.29, 0.717) is 5.69 Å². The Bertz CT molecular complexity index is 525. The first-order valence-corrected chi connectivity index (χ1v) is 5.92. The number of hydrogen-bond acceptors (Lipinski definition) is 4. The van der Waals surface area contributed by atoms with Crippen LogP contribution in [0, 0.1) is 0 Å². The number of likely N-dealkylation sites (tertiary alicyclic amines) is 1. The van der Waals surface area contributed by atoms with Gasteiger partial charge in [0.05, 0.1) is 17.9 Å². The van der Waals surface area contributed by atoms with Gasteiger partial charge in [-0.25, -0.2) is 0 Å². The van der Waals surface area contributed by atoms with Crippen molar-refractivity contribution in [3.8, 4) is 0 Å². The third-order valence-electron chi connectivity index (χ3n) is 3.17. The molecule has 0 unspecified atom stereocenters. The molecule has 1 N–H and O–H groups in total. The largest absolute Gasteiger partial charge is 0.329 e. The van der Waals surface area contributed by atoms with Gasteiger partial charge < -0.3 is 4.90 Å². The smallest absolute Gasteiger partial charge is 0.272 e. The lowest BCUT2D eigenvalue weighted by molar-refractivity contribution is 0.0726. The Morgan fingerprint density at radius 2 is 2.33 bits per heavy atom. The number of nitrogens with zero attached hydrogens (tertiary/aromatic N) is 4. The van der Waals surface area contributed by atoms with Crippen molar-refractivity contribution in [2.24, 2.45) is 0 Å². The van der Waals surface area contributed by atoms with Gasteiger partial charge >= 0.3 is 0 Å². The van der Waals surface area contributed by atoms with E-state index in [9.17, 15) is 4.79 Å². The molecule has 3 heterocycles. The van der Waals surface area contributed by atoms with Crippen LogP contribution in [0.25, 0.3) is 0 Å². The van der Waals surface area contributed by atoms with Crippen molar-refractivity contribution in [3.05, 3.63) is 42.2 Å². The molecule has 0 spiro atoms. The minimum absolute atomic E-state index is 0.0227. The molecule has 18 heavy (non-hydrogen) atoms. The first kappa shape index (κ1) is 10.9. The summed E-state index contributed by atoms with van der Waals surface area (Å²) in [6.07, 6.45) is 8.52. The van der Waals surface area contributed by atoms with Crippen LogP contribution in [0.5, 0.6) is 0 Å². The van der Waals surface area contributed by atoms with E-state index in [0.717, 1.165) is 25.1 Å². The van der Waals surface area contributed by atoms with Crippen LogP contribution in [0.4, 0.5) is 0 Å². The van der Waals surface area contributed by atoms with Gasteiger partial charge in [0.1, 0.15) is 5.69 Å². The van der Waals surface area contributed by atoms with Crippen molar-refractivity contribution in [2.45, 2.75) is 18.9 Å². The summed E-state index contributed by atoms with van der Waals surface area (Å²) in [5, 5.41) is 6.52. The Kier molecular flexibility index (Phi) is 2.76. The zero-order chi connectivity index (χ0) is 12.4. The van der Waals surface area contributed by atoms with E-state index in [-0.39, 0.29) is 11.9 Å². The summed E-state index contributed by atoms with van der Waals surface area (Å²) in [5.41, 5.74) is 1.37. The highest BCUT2D eigenvalue weighted by atomic mass is 16.2. The summed E-state index contributed by atoms with van der Waals surface area (Å²) in [5.74, 6) is -0.0272. The van der Waals surface area contributed by atoms with Crippen LogP contribution in [0.3, 0.4) is 0 Å². The Morgan fingerprint density at radius 1 is 1.39 bits per heavy atom. The fourth-order valence-electron chi connectivity index (χ4n) is 2.33. The maximum absolute atomic E-state index is 12.3. The van der Waals surface area contributed by atoms with E-state index in [1.165, 1.54) is 0 Å². The highest BCUT2D eigenvalue weighted by Gasteiger charge is 2.32. The fourth-order valence-corrected chi connectivity index (χ4v) is 2.33. The molecule has 6 nitrogen and oxygen atoms in total. The molecule has 0 aliphatic carbocycles. The van der Waals surface area contributed by atoms with Gasteiger partial charge in [-0.1, -0.05) is 0 Å². The SMILES string of the molecule is O=C(c1ccn[nH]1)N1CCC[C@@H]1c1cnccn1. The van der Waals surface area contributed by atoms with Gasteiger partial charge in [-0.05, 0) is 18.9 Å². The predicted molar refractivity (Wildman–Crippen MR) is 63.6 cm³/mol. The summed E-state index contributed by atoms with van der Waals surface area (Å²) in [7, 11) is 0. The highest BCUT2D eigenvalue weighted by Crippen LogP contribution is 2.31. The molecule has 6 heteroatoms. The normalized spacial score (nSPS) is 19.1. The number of carbonyl (C=O) groups excluding carboxylic acids is 1. The molecular formula is C12H13N5O. The van der Waals surface area contributed by atoms with Gasteiger partial charge in [-0.3, -0.25) is 19.9 Å². The average molecular weight is 243 g/mol. The van der Waals surface area contributed by atoms with Crippen molar-refractivity contribution >= 4 is 5.91 Å². The second kappa shape index (κ2) is 4.56. The van der Waals surface area contributed by atoms with Crippen LogP contribution in [0.1, 0.15) is 35.1 Å². The molecule has 1 fully saturated rings. The molecule has 1 aliphatic rings. The fraction of sp³-hybridized carbons (Fsp3) is 0.333. The zero-order valence-electron chi connectivity index (χ0n) is 9.78. The summed E-state index contributed by atoms with van der Waals surface area (Å²) in [4.78, 5) is 22.5. The molecule has 2 aromatic rings. The highest BCUT2D eigenvalue weighted by molar-refractivity contribution is 5.92. The average Bonchev–Trinajstić information content (AvgIpc) is 3.10. The molecule has 1 saturated heterocycles. The topological polar surface area (TPSA) is 74.8 Å². The second-order valence-corrected chi connectivity index (χ2v) is 4.26. The molecule has 92 valence electrons. The minimum Gasteiger partial charge on any atom is -0.329 e. The molecule has 0 saturated carbocycles. The first-order chi connectivity index (χ1) is 8.86. The quantitative estimate of drug-likeness (QED) is 0.859. The second-order valence-electron chi connectivity index (χ2n) is 4.26. The molecule has 1 atom stereocenters. The van der Waals surface area contributed by atoms with E-state index in [1.54, 1.807) is 30.9 Å². The Morgan fingerprint density at radius 3 is 3.06 bits per heavy atom. The van der Waals surface area contributed by atoms with Crippen LogP contribution < -0.4 is 0 Å². The van der Waals surface area contributed by atoms with Gasteiger partial charge in [-0.2, -0.15) is 5.10 Å². The number of carbonyl (C=O) groups is 1. The van der Waals surface area contributed by atoms with E-state index in [1.807, 2.05) is 4.90 Å². The van der Waals surface area contributed by atoms with Gasteiger partial charge in [0.25, 0.3) is 5.91 Å². The van der Waals surface area contributed by atoms with Crippen molar-refractivity contribution in [3.63, 3.8) is 0 Å². The number of H-pyrrole nitrogens is 1. The van der Waals surface area contributed by atoms with Crippen LogP contribution >= 0.6 is 0 Å². The number of aromatic nitrogens is 4. The Labute approximate surface area is 104 Å². The number of aromatic amines is 1. The van der Waals surface area contributed by atoms with E-state index in [2.05, 4.69) is 20.2 Å². The third-order valence-corrected chi connectivity index (χ3v) is 3.17. The molecular weight excluding hydrogens is 230 g/mol. The van der Waals surface area contributed by atoms with Crippen molar-refractivity contribution < 1.29 is 4.79 Å². The third kappa shape index (κ3) is 1.85. The van der Waals surface area contributed by atoms with Crippen molar-refractivity contribution in [1.82, 2.24) is 25.1 Å². The Balaban J connectivity index is 1.86. The van der Waals surface area contributed by atoms with Crippen LogP contribution in [-0.4, -0.2) is 37.5 Å². The van der Waals surface area contributed by atoms with Gasteiger partial charge in [0.15, 0.2) is 0 Å². The van der Waals surface area contributed by atoms with Crippen LogP contribution in [0.2, 0.25) is 0 Å². The maximum atomic E-state index is 12.3. The lowest BCUT2D eigenvalue weighted by Gasteiger charge is -2.23. The van der Waals surface area contributed by atoms with Crippen molar-refractivity contribution in [2.75, 3.05) is 6.54 Å². The summed E-state index contributed by atoms with van der Waals surface area (Å²) >= 11 is 0. The summed E-state index contributed by atoms with van der Waals surface area (Å²) < 4.78 is 0. The molecule has 1 amide bonds. The van der Waals surface area contributed by atoms with E-state index >= 15 is 0 Å². The lowest BCUT2D eigenvalue weighted by Crippen LogP contribution is -2.31. The monoisotopic (exact) mass is 243 g/mol. The Hall–Kier alpha value is -2.24. The standard InChI is InChI=1S/C12H13N5O/c18-12(9-3-4-15-16-9)17-7-1-2-11(17)10-8-13-5-6-14-10/h3-6,8,11H,1-2,7H2,(H,15,16)/t11-/m1/s1.